The number of sulfonamides is 1. The summed E-state index contributed by atoms with van der Waals surface area (Å²) in [6, 6.07) is 4.70. The van der Waals surface area contributed by atoms with Crippen LogP contribution in [0.3, 0.4) is 0 Å². The van der Waals surface area contributed by atoms with Gasteiger partial charge in [-0.1, -0.05) is 11.1 Å². The van der Waals surface area contributed by atoms with Crippen molar-refractivity contribution in [2.75, 3.05) is 0 Å². The van der Waals surface area contributed by atoms with Crippen molar-refractivity contribution >= 4 is 15.8 Å². The number of benzene rings is 1. The van der Waals surface area contributed by atoms with Gasteiger partial charge in [0, 0.05) is 6.07 Å². The van der Waals surface area contributed by atoms with Gasteiger partial charge in [-0.15, -0.1) is 9.20 Å². The van der Waals surface area contributed by atoms with Crippen molar-refractivity contribution in [3.8, 4) is 5.69 Å². The molecule has 3 rings (SSSR count). The van der Waals surface area contributed by atoms with Gasteiger partial charge in [0.25, 0.3) is 10.0 Å². The molecule has 0 aliphatic rings. The Balaban J connectivity index is 2.52. The fourth-order valence-corrected chi connectivity index (χ4v) is 2.66. The lowest BCUT2D eigenvalue weighted by Crippen LogP contribution is -2.35. The van der Waals surface area contributed by atoms with Gasteiger partial charge in [-0.3, -0.25) is 0 Å². The molecule has 0 spiro atoms. The molecule has 1 aromatic carbocycles. The average molecular weight is 326 g/mol. The molecule has 0 unspecified atom stereocenters. The third kappa shape index (κ3) is 2.22. The van der Waals surface area contributed by atoms with Crippen molar-refractivity contribution in [2.45, 2.75) is 12.1 Å². The lowest BCUT2D eigenvalue weighted by atomic mass is 10.3. The number of halogens is 2. The number of hydrogen-bond donors (Lipinski definition) is 1. The normalized spacial score (nSPS) is 12.0. The van der Waals surface area contributed by atoms with Gasteiger partial charge in [-0.2, -0.15) is 0 Å². The first-order valence-corrected chi connectivity index (χ1v) is 7.59. The van der Waals surface area contributed by atoms with Gasteiger partial charge >= 0.3 is 10.9 Å². The van der Waals surface area contributed by atoms with Crippen LogP contribution in [0, 0.1) is 18.6 Å². The Labute approximate surface area is 123 Å². The Hall–Kier alpha value is -2.46. The summed E-state index contributed by atoms with van der Waals surface area (Å²) in [4.78, 5) is 7.79. The molecular weight excluding hydrogens is 316 g/mol. The zero-order chi connectivity index (χ0) is 16.1. The van der Waals surface area contributed by atoms with Crippen molar-refractivity contribution in [3.63, 3.8) is 0 Å². The van der Waals surface area contributed by atoms with E-state index in [1.165, 1.54) is 12.3 Å². The number of aryl methyl sites for hydroxylation is 1. The van der Waals surface area contributed by atoms with Crippen LogP contribution < -0.4 is 9.65 Å². The smallest absolute Gasteiger partial charge is 0.221 e. The van der Waals surface area contributed by atoms with E-state index in [2.05, 4.69) is 9.97 Å². The lowest BCUT2D eigenvalue weighted by molar-refractivity contribution is -0.604. The van der Waals surface area contributed by atoms with E-state index in [4.69, 9.17) is 5.14 Å². The molecule has 2 heterocycles. The van der Waals surface area contributed by atoms with Crippen molar-refractivity contribution in [3.05, 3.63) is 47.8 Å². The van der Waals surface area contributed by atoms with Crippen molar-refractivity contribution < 1.29 is 21.7 Å². The monoisotopic (exact) mass is 326 g/mol. The summed E-state index contributed by atoms with van der Waals surface area (Å²) >= 11 is 0. The van der Waals surface area contributed by atoms with E-state index in [-0.39, 0.29) is 5.78 Å². The quantitative estimate of drug-likeness (QED) is 0.683. The maximum Gasteiger partial charge on any atom is 0.458 e. The van der Waals surface area contributed by atoms with Crippen LogP contribution in [-0.2, 0) is 10.0 Å². The lowest BCUT2D eigenvalue weighted by Gasteiger charge is -2.06. The maximum absolute atomic E-state index is 14.0. The molecule has 0 aliphatic carbocycles. The fourth-order valence-electron chi connectivity index (χ4n) is 2.03. The molecule has 0 saturated heterocycles. The Morgan fingerprint density at radius 3 is 2.41 bits per heavy atom. The molecule has 0 bridgehead atoms. The molecule has 7 nitrogen and oxygen atoms in total. The summed E-state index contributed by atoms with van der Waals surface area (Å²) in [6.45, 7) is 1.67. The highest BCUT2D eigenvalue weighted by Crippen LogP contribution is 2.19. The molecule has 0 amide bonds. The van der Waals surface area contributed by atoms with E-state index < -0.39 is 32.5 Å². The first-order chi connectivity index (χ1) is 10.3. The van der Waals surface area contributed by atoms with Crippen molar-refractivity contribution in [1.29, 1.82) is 0 Å². The molecule has 0 saturated carbocycles. The molecular formula is C12H10F2N5O2S+. The van der Waals surface area contributed by atoms with Crippen LogP contribution in [0.4, 0.5) is 8.78 Å². The molecule has 0 fully saturated rings. The minimum Gasteiger partial charge on any atom is -0.221 e. The predicted molar refractivity (Wildman–Crippen MR) is 70.5 cm³/mol. The molecule has 0 aliphatic heterocycles. The number of nitrogens with two attached hydrogens (primary N) is 1. The number of hydrogen-bond acceptors (Lipinski definition) is 4. The Kier molecular flexibility index (Phi) is 3.15. The van der Waals surface area contributed by atoms with Gasteiger partial charge in [0.05, 0.1) is 6.20 Å². The zero-order valence-corrected chi connectivity index (χ0v) is 12.1. The topological polar surface area (TPSA) is 95.0 Å². The van der Waals surface area contributed by atoms with Gasteiger partial charge in [-0.05, 0) is 24.0 Å². The predicted octanol–water partition coefficient (Wildman–Crippen LogP) is 0.240. The molecule has 2 aromatic heterocycles. The van der Waals surface area contributed by atoms with Crippen LogP contribution in [0.1, 0.15) is 5.69 Å². The minimum atomic E-state index is -4.33. The summed E-state index contributed by atoms with van der Waals surface area (Å²) < 4.78 is 53.3. The van der Waals surface area contributed by atoms with Crippen LogP contribution in [0.25, 0.3) is 11.5 Å². The van der Waals surface area contributed by atoms with Crippen LogP contribution in [0.5, 0.6) is 0 Å². The number of nitrogens with zero attached hydrogens (tertiary/aromatic N) is 4. The van der Waals surface area contributed by atoms with E-state index >= 15 is 0 Å². The molecule has 0 radical (unpaired) electrons. The van der Waals surface area contributed by atoms with Gasteiger partial charge in [0.2, 0.25) is 0 Å². The van der Waals surface area contributed by atoms with Crippen LogP contribution >= 0.6 is 0 Å². The Morgan fingerprint density at radius 1 is 1.18 bits per heavy atom. The summed E-state index contributed by atoms with van der Waals surface area (Å²) in [7, 11) is -4.33. The first-order valence-electron chi connectivity index (χ1n) is 6.04. The zero-order valence-electron chi connectivity index (χ0n) is 11.2. The maximum atomic E-state index is 14.0. The van der Waals surface area contributed by atoms with E-state index in [1.54, 1.807) is 6.92 Å². The average Bonchev–Trinajstić information content (AvgIpc) is 2.77. The summed E-state index contributed by atoms with van der Waals surface area (Å²) in [5, 5.41) is 4.39. The second-order valence-corrected chi connectivity index (χ2v) is 5.99. The van der Waals surface area contributed by atoms with Crippen molar-refractivity contribution in [2.24, 2.45) is 5.14 Å². The van der Waals surface area contributed by atoms with Crippen LogP contribution in [-0.4, -0.2) is 23.1 Å². The van der Waals surface area contributed by atoms with Gasteiger partial charge in [-0.25, -0.2) is 22.3 Å². The van der Waals surface area contributed by atoms with Crippen molar-refractivity contribution in [1.82, 2.24) is 14.6 Å². The fraction of sp³-hybridized carbons (Fsp3) is 0.0833. The minimum absolute atomic E-state index is 0.0494. The largest absolute Gasteiger partial charge is 0.458 e. The molecule has 2 N–H and O–H groups in total. The van der Waals surface area contributed by atoms with E-state index in [9.17, 15) is 17.2 Å². The third-order valence-electron chi connectivity index (χ3n) is 2.93. The number of aromatic nitrogens is 4. The van der Waals surface area contributed by atoms with Gasteiger partial charge in [0.15, 0.2) is 17.3 Å². The Morgan fingerprint density at radius 2 is 1.82 bits per heavy atom. The van der Waals surface area contributed by atoms with Crippen LogP contribution in [0.2, 0.25) is 0 Å². The van der Waals surface area contributed by atoms with E-state index in [0.29, 0.717) is 5.69 Å². The van der Waals surface area contributed by atoms with E-state index in [0.717, 1.165) is 27.4 Å². The number of para-hydroxylation sites is 1. The summed E-state index contributed by atoms with van der Waals surface area (Å²) in [6.07, 6.45) is 1.39. The molecule has 0 atom stereocenters. The number of fused-ring (bicyclic) bond motifs is 1. The molecule has 3 aromatic rings. The molecule has 10 heteroatoms. The molecule has 22 heavy (non-hydrogen) atoms. The molecule has 114 valence electrons. The SMILES string of the molecule is Cc1cc[n+]2c(n1)nc(S(N)(=O)=O)n2-c1c(F)cccc1F. The first kappa shape index (κ1) is 14.5. The Bertz CT molecular complexity index is 980. The second-order valence-electron chi connectivity index (χ2n) is 4.53. The number of primary sulfonamides is 1. The summed E-state index contributed by atoms with van der Waals surface area (Å²) in [5.74, 6) is -1.97. The van der Waals surface area contributed by atoms with Gasteiger partial charge < -0.3 is 0 Å². The highest BCUT2D eigenvalue weighted by molar-refractivity contribution is 7.89. The third-order valence-corrected chi connectivity index (χ3v) is 3.71. The number of rotatable bonds is 2. The van der Waals surface area contributed by atoms with Crippen LogP contribution in [0.15, 0.2) is 35.6 Å². The summed E-state index contributed by atoms with van der Waals surface area (Å²) in [5.41, 5.74) is -0.0516. The highest BCUT2D eigenvalue weighted by Gasteiger charge is 2.31. The van der Waals surface area contributed by atoms with E-state index in [1.807, 2.05) is 0 Å². The standard InChI is InChI=1S/C12H10F2N5O2S/c1-7-5-6-18-11(16-7)17-12(22(15,20)21)19(18)10-8(13)3-2-4-9(10)14/h2-6H,1H3,(H2,15,20,21)/q+1. The van der Waals surface area contributed by atoms with Gasteiger partial charge in [0.1, 0.15) is 5.69 Å². The highest BCUT2D eigenvalue weighted by atomic mass is 32.2. The second kappa shape index (κ2) is 4.78.